The standard InChI is InChI=1S/C20H30N6O2/c1-5-15-9-7-8-10-16(15)22-20-24-17(23-19(21)25-20)12-26(11-14(3)4)13-18(27)28-6-2/h7-10,14H,5-6,11-13H2,1-4H3,(H3,21,22,23,24,25). The summed E-state index contributed by atoms with van der Waals surface area (Å²) in [4.78, 5) is 26.8. The van der Waals surface area contributed by atoms with E-state index in [1.54, 1.807) is 6.92 Å². The van der Waals surface area contributed by atoms with Crippen molar-refractivity contribution in [1.82, 2.24) is 19.9 Å². The average molecular weight is 387 g/mol. The first-order valence-corrected chi connectivity index (χ1v) is 9.64. The van der Waals surface area contributed by atoms with Gasteiger partial charge in [0, 0.05) is 12.2 Å². The van der Waals surface area contributed by atoms with E-state index in [4.69, 9.17) is 10.5 Å². The Morgan fingerprint density at radius 3 is 2.64 bits per heavy atom. The van der Waals surface area contributed by atoms with Crippen molar-refractivity contribution in [3.8, 4) is 0 Å². The largest absolute Gasteiger partial charge is 0.465 e. The maximum Gasteiger partial charge on any atom is 0.320 e. The second kappa shape index (κ2) is 10.6. The molecule has 0 fully saturated rings. The summed E-state index contributed by atoms with van der Waals surface area (Å²) < 4.78 is 5.07. The number of rotatable bonds is 10. The number of anilines is 3. The smallest absolute Gasteiger partial charge is 0.320 e. The van der Waals surface area contributed by atoms with Gasteiger partial charge >= 0.3 is 5.97 Å². The summed E-state index contributed by atoms with van der Waals surface area (Å²) in [6.07, 6.45) is 0.887. The summed E-state index contributed by atoms with van der Waals surface area (Å²) in [5.41, 5.74) is 7.99. The number of esters is 1. The van der Waals surface area contributed by atoms with Gasteiger partial charge in [0.25, 0.3) is 0 Å². The minimum absolute atomic E-state index is 0.141. The van der Waals surface area contributed by atoms with Crippen molar-refractivity contribution in [2.45, 2.75) is 40.7 Å². The summed E-state index contributed by atoms with van der Waals surface area (Å²) in [6, 6.07) is 7.98. The molecule has 0 aliphatic rings. The Hall–Kier alpha value is -2.74. The zero-order chi connectivity index (χ0) is 20.5. The predicted octanol–water partition coefficient (Wildman–Crippen LogP) is 2.78. The molecule has 0 aliphatic carbocycles. The first-order chi connectivity index (χ1) is 13.4. The van der Waals surface area contributed by atoms with E-state index in [0.29, 0.717) is 37.4 Å². The Labute approximate surface area is 166 Å². The maximum atomic E-state index is 11.9. The van der Waals surface area contributed by atoms with Crippen LogP contribution in [0.4, 0.5) is 17.6 Å². The first-order valence-electron chi connectivity index (χ1n) is 9.64. The maximum absolute atomic E-state index is 11.9. The molecule has 1 aromatic carbocycles. The SMILES string of the molecule is CCOC(=O)CN(Cc1nc(N)nc(Nc2ccccc2CC)n1)CC(C)C. The van der Waals surface area contributed by atoms with Gasteiger partial charge in [-0.05, 0) is 30.9 Å². The monoisotopic (exact) mass is 386 g/mol. The Morgan fingerprint density at radius 2 is 1.96 bits per heavy atom. The number of aromatic nitrogens is 3. The summed E-state index contributed by atoms with van der Waals surface area (Å²) >= 11 is 0. The molecule has 0 atom stereocenters. The van der Waals surface area contributed by atoms with Crippen LogP contribution >= 0.6 is 0 Å². The molecular weight excluding hydrogens is 356 g/mol. The van der Waals surface area contributed by atoms with Crippen LogP contribution in [-0.2, 0) is 22.5 Å². The number of nitrogen functional groups attached to an aromatic ring is 1. The van der Waals surface area contributed by atoms with E-state index in [0.717, 1.165) is 17.7 Å². The van der Waals surface area contributed by atoms with Crippen LogP contribution in [0.3, 0.4) is 0 Å². The van der Waals surface area contributed by atoms with Gasteiger partial charge in [0.2, 0.25) is 11.9 Å². The van der Waals surface area contributed by atoms with E-state index in [9.17, 15) is 4.79 Å². The second-order valence-electron chi connectivity index (χ2n) is 6.94. The number of hydrogen-bond acceptors (Lipinski definition) is 8. The van der Waals surface area contributed by atoms with Crippen LogP contribution in [0, 0.1) is 5.92 Å². The molecule has 2 rings (SSSR count). The summed E-state index contributed by atoms with van der Waals surface area (Å²) in [5, 5.41) is 3.23. The van der Waals surface area contributed by atoms with Crippen LogP contribution in [-0.4, -0.2) is 45.5 Å². The highest BCUT2D eigenvalue weighted by Crippen LogP contribution is 2.19. The molecule has 0 bridgehead atoms. The van der Waals surface area contributed by atoms with Gasteiger partial charge in [-0.15, -0.1) is 0 Å². The third-order valence-electron chi connectivity index (χ3n) is 3.99. The molecule has 0 radical (unpaired) electrons. The number of carbonyl (C=O) groups excluding carboxylic acids is 1. The number of nitrogens with one attached hydrogen (secondary N) is 1. The van der Waals surface area contributed by atoms with Crippen molar-refractivity contribution in [1.29, 1.82) is 0 Å². The summed E-state index contributed by atoms with van der Waals surface area (Å²) in [5.74, 6) is 1.16. The van der Waals surface area contributed by atoms with Crippen molar-refractivity contribution in [2.24, 2.45) is 5.92 Å². The number of hydrogen-bond donors (Lipinski definition) is 2. The Balaban J connectivity index is 2.18. The molecule has 8 heteroatoms. The summed E-state index contributed by atoms with van der Waals surface area (Å²) in [7, 11) is 0. The van der Waals surface area contributed by atoms with E-state index < -0.39 is 0 Å². The minimum Gasteiger partial charge on any atom is -0.465 e. The molecule has 2 aromatic rings. The van der Waals surface area contributed by atoms with Crippen molar-refractivity contribution in [3.05, 3.63) is 35.7 Å². The topological polar surface area (TPSA) is 106 Å². The fourth-order valence-electron chi connectivity index (χ4n) is 2.93. The molecule has 1 aromatic heterocycles. The Kier molecular flexibility index (Phi) is 8.13. The highest BCUT2D eigenvalue weighted by atomic mass is 16.5. The molecule has 0 saturated heterocycles. The second-order valence-corrected chi connectivity index (χ2v) is 6.94. The highest BCUT2D eigenvalue weighted by molar-refractivity contribution is 5.71. The van der Waals surface area contributed by atoms with Gasteiger partial charge in [-0.3, -0.25) is 9.69 Å². The Bertz CT molecular complexity index is 781. The average Bonchev–Trinajstić information content (AvgIpc) is 2.61. The number of ether oxygens (including phenoxy) is 1. The molecule has 3 N–H and O–H groups in total. The fraction of sp³-hybridized carbons (Fsp3) is 0.500. The molecule has 152 valence electrons. The van der Waals surface area contributed by atoms with E-state index in [-0.39, 0.29) is 18.5 Å². The van der Waals surface area contributed by atoms with E-state index in [1.807, 2.05) is 23.1 Å². The van der Waals surface area contributed by atoms with E-state index in [1.165, 1.54) is 0 Å². The molecule has 0 saturated carbocycles. The third-order valence-corrected chi connectivity index (χ3v) is 3.99. The number of aryl methyl sites for hydroxylation is 1. The van der Waals surface area contributed by atoms with Crippen LogP contribution < -0.4 is 11.1 Å². The molecule has 8 nitrogen and oxygen atoms in total. The first kappa shape index (κ1) is 21.6. The zero-order valence-electron chi connectivity index (χ0n) is 17.1. The molecule has 0 amide bonds. The van der Waals surface area contributed by atoms with Crippen molar-refractivity contribution in [3.63, 3.8) is 0 Å². The molecule has 1 heterocycles. The van der Waals surface area contributed by atoms with Crippen LogP contribution in [0.25, 0.3) is 0 Å². The van der Waals surface area contributed by atoms with Gasteiger partial charge in [-0.2, -0.15) is 15.0 Å². The van der Waals surface area contributed by atoms with Crippen LogP contribution in [0.5, 0.6) is 0 Å². The number of para-hydroxylation sites is 1. The fourth-order valence-corrected chi connectivity index (χ4v) is 2.93. The lowest BCUT2D eigenvalue weighted by Gasteiger charge is -2.22. The number of nitrogens with zero attached hydrogens (tertiary/aromatic N) is 4. The van der Waals surface area contributed by atoms with Crippen LogP contribution in [0.1, 0.15) is 39.1 Å². The van der Waals surface area contributed by atoms with Gasteiger partial charge < -0.3 is 15.8 Å². The molecule has 28 heavy (non-hydrogen) atoms. The molecule has 0 unspecified atom stereocenters. The van der Waals surface area contributed by atoms with Crippen molar-refractivity contribution >= 4 is 23.6 Å². The van der Waals surface area contributed by atoms with Crippen molar-refractivity contribution in [2.75, 3.05) is 30.7 Å². The molecule has 0 spiro atoms. The lowest BCUT2D eigenvalue weighted by atomic mass is 10.1. The van der Waals surface area contributed by atoms with E-state index in [2.05, 4.69) is 47.1 Å². The van der Waals surface area contributed by atoms with Gasteiger partial charge in [-0.25, -0.2) is 0 Å². The van der Waals surface area contributed by atoms with E-state index >= 15 is 0 Å². The minimum atomic E-state index is -0.264. The predicted molar refractivity (Wildman–Crippen MR) is 110 cm³/mol. The van der Waals surface area contributed by atoms with Gasteiger partial charge in [-0.1, -0.05) is 39.0 Å². The lowest BCUT2D eigenvalue weighted by molar-refractivity contribution is -0.144. The third kappa shape index (κ3) is 6.77. The lowest BCUT2D eigenvalue weighted by Crippen LogP contribution is -2.34. The number of benzene rings is 1. The summed E-state index contributed by atoms with van der Waals surface area (Å²) in [6.45, 7) is 9.70. The van der Waals surface area contributed by atoms with Gasteiger partial charge in [0.15, 0.2) is 0 Å². The number of carbonyl (C=O) groups is 1. The van der Waals surface area contributed by atoms with Gasteiger partial charge in [0.05, 0.1) is 19.7 Å². The normalized spacial score (nSPS) is 11.1. The molecular formula is C20H30N6O2. The molecule has 0 aliphatic heterocycles. The number of nitrogens with two attached hydrogens (primary N) is 1. The highest BCUT2D eigenvalue weighted by Gasteiger charge is 2.16. The zero-order valence-corrected chi connectivity index (χ0v) is 17.1. The Morgan fingerprint density at radius 1 is 1.21 bits per heavy atom. The van der Waals surface area contributed by atoms with Crippen LogP contribution in [0.15, 0.2) is 24.3 Å². The van der Waals surface area contributed by atoms with Crippen molar-refractivity contribution < 1.29 is 9.53 Å². The van der Waals surface area contributed by atoms with Gasteiger partial charge in [0.1, 0.15) is 5.82 Å². The quantitative estimate of drug-likeness (QED) is 0.600. The van der Waals surface area contributed by atoms with Crippen LogP contribution in [0.2, 0.25) is 0 Å².